The molecule has 12 heavy (non-hydrogen) atoms. The highest BCUT2D eigenvalue weighted by Gasteiger charge is 2.11. The Morgan fingerprint density at radius 3 is 2.83 bits per heavy atom. The maximum Gasteiger partial charge on any atom is 0.365 e. The Labute approximate surface area is 67.8 Å². The summed E-state index contributed by atoms with van der Waals surface area (Å²) in [7, 11) is 0. The van der Waals surface area contributed by atoms with Crippen LogP contribution in [0.25, 0.3) is 0 Å². The number of hydrogen-bond acceptors (Lipinski definition) is 4. The molecule has 5 heteroatoms. The average molecular weight is 164 g/mol. The minimum absolute atomic E-state index is 0.121. The van der Waals surface area contributed by atoms with Crippen molar-refractivity contribution in [3.63, 3.8) is 0 Å². The van der Waals surface area contributed by atoms with Crippen molar-refractivity contribution in [2.45, 2.75) is 0 Å². The zero-order valence-corrected chi connectivity index (χ0v) is 5.89. The number of aromatic nitrogens is 1. The van der Waals surface area contributed by atoms with Gasteiger partial charge in [0, 0.05) is 6.07 Å². The molecule has 0 spiro atoms. The van der Waals surface area contributed by atoms with Crippen molar-refractivity contribution in [1.29, 1.82) is 0 Å². The molecule has 0 saturated heterocycles. The second-order valence-electron chi connectivity index (χ2n) is 1.94. The number of nitrogens with zero attached hydrogens (tertiary/aromatic N) is 2. The van der Waals surface area contributed by atoms with Gasteiger partial charge in [-0.25, -0.2) is 0 Å². The third-order valence-corrected chi connectivity index (χ3v) is 1.18. The highest BCUT2D eigenvalue weighted by atomic mass is 16.6. The number of hydrogen-bond donors (Lipinski definition) is 1. The van der Waals surface area contributed by atoms with E-state index in [0.29, 0.717) is 0 Å². The van der Waals surface area contributed by atoms with Crippen LogP contribution in [0.5, 0.6) is 5.75 Å². The van der Waals surface area contributed by atoms with Crippen molar-refractivity contribution in [3.05, 3.63) is 27.9 Å². The second-order valence-corrected chi connectivity index (χ2v) is 1.94. The number of rotatable bonds is 1. The van der Waals surface area contributed by atoms with Crippen LogP contribution in [0.4, 0.5) is 5.82 Å². The molecule has 1 N–H and O–H groups in total. The summed E-state index contributed by atoms with van der Waals surface area (Å²) in [4.78, 5) is 12.9. The predicted octanol–water partition coefficient (Wildman–Crippen LogP) is 0.677. The minimum Gasteiger partial charge on any atom is -0.503 e. The summed E-state index contributed by atoms with van der Waals surface area (Å²) in [5.41, 5.74) is -0.121. The minimum atomic E-state index is -0.680. The lowest BCUT2D eigenvalue weighted by Crippen LogP contribution is -1.93. The molecule has 1 aromatic rings. The maximum absolute atomic E-state index is 10.2. The first-order chi connectivity index (χ1) is 5.65. The van der Waals surface area contributed by atoms with E-state index in [0.717, 1.165) is 12.1 Å². The van der Waals surface area contributed by atoms with Gasteiger partial charge in [-0.2, -0.15) is 0 Å². The monoisotopic (exact) mass is 164 g/mol. The summed E-state index contributed by atoms with van der Waals surface area (Å²) in [6.45, 7) is 0. The van der Waals surface area contributed by atoms with Crippen LogP contribution in [-0.4, -0.2) is 15.0 Å². The number of nitro groups is 1. The number of pyridine rings is 1. The molecule has 0 atom stereocenters. The molecule has 0 aliphatic heterocycles. The van der Waals surface area contributed by atoms with E-state index in [1.165, 1.54) is 0 Å². The van der Waals surface area contributed by atoms with Gasteiger partial charge < -0.3 is 15.2 Å². The van der Waals surface area contributed by atoms with Gasteiger partial charge >= 0.3 is 5.82 Å². The molecule has 0 aliphatic rings. The van der Waals surface area contributed by atoms with E-state index in [1.54, 1.807) is 0 Å². The fraction of sp³-hybridized carbons (Fsp3) is 0. The van der Waals surface area contributed by atoms with Crippen molar-refractivity contribution in [2.24, 2.45) is 0 Å². The molecule has 0 fully saturated rings. The number of terminal acetylenes is 1. The first kappa shape index (κ1) is 8.01. The maximum atomic E-state index is 10.2. The topological polar surface area (TPSA) is 76.3 Å². The van der Waals surface area contributed by atoms with Gasteiger partial charge in [-0.05, 0) is 21.9 Å². The largest absolute Gasteiger partial charge is 0.503 e. The molecule has 60 valence electrons. The summed E-state index contributed by atoms with van der Waals surface area (Å²) in [6.07, 6.45) is 4.92. The fourth-order valence-corrected chi connectivity index (χ4v) is 0.649. The SMILES string of the molecule is C#Cc1nc([N+](=O)[O-])ccc1O. The molecule has 1 heterocycles. The zero-order chi connectivity index (χ0) is 9.14. The first-order valence-corrected chi connectivity index (χ1v) is 2.96. The quantitative estimate of drug-likeness (QED) is 0.376. The number of aromatic hydroxyl groups is 1. The Bertz CT molecular complexity index is 367. The van der Waals surface area contributed by atoms with Crippen LogP contribution in [0.15, 0.2) is 12.1 Å². The third-order valence-electron chi connectivity index (χ3n) is 1.18. The molecular weight excluding hydrogens is 160 g/mol. The van der Waals surface area contributed by atoms with Crippen LogP contribution in [0.3, 0.4) is 0 Å². The van der Waals surface area contributed by atoms with Gasteiger partial charge in [0.25, 0.3) is 5.69 Å². The Morgan fingerprint density at radius 1 is 1.67 bits per heavy atom. The third kappa shape index (κ3) is 1.32. The molecule has 0 aliphatic carbocycles. The highest BCUT2D eigenvalue weighted by molar-refractivity contribution is 5.42. The molecule has 1 rings (SSSR count). The highest BCUT2D eigenvalue weighted by Crippen LogP contribution is 2.17. The lowest BCUT2D eigenvalue weighted by Gasteiger charge is -1.92. The van der Waals surface area contributed by atoms with Gasteiger partial charge in [-0.3, -0.25) is 0 Å². The van der Waals surface area contributed by atoms with Crippen LogP contribution in [0, 0.1) is 22.5 Å². The first-order valence-electron chi connectivity index (χ1n) is 2.96. The molecule has 0 radical (unpaired) electrons. The molecule has 0 aromatic carbocycles. The normalized spacial score (nSPS) is 8.92. The fourth-order valence-electron chi connectivity index (χ4n) is 0.649. The van der Waals surface area contributed by atoms with Crippen molar-refractivity contribution >= 4 is 5.82 Å². The van der Waals surface area contributed by atoms with Gasteiger partial charge in [0.15, 0.2) is 5.75 Å². The molecule has 1 aromatic heterocycles. The predicted molar refractivity (Wildman–Crippen MR) is 40.5 cm³/mol. The van der Waals surface area contributed by atoms with E-state index < -0.39 is 4.92 Å². The van der Waals surface area contributed by atoms with E-state index in [1.807, 2.05) is 5.92 Å². The molecule has 5 nitrogen and oxygen atoms in total. The van der Waals surface area contributed by atoms with E-state index in [4.69, 9.17) is 11.5 Å². The van der Waals surface area contributed by atoms with Crippen LogP contribution in [0.2, 0.25) is 0 Å². The van der Waals surface area contributed by atoms with E-state index >= 15 is 0 Å². The van der Waals surface area contributed by atoms with E-state index in [2.05, 4.69) is 4.98 Å². The molecule has 0 amide bonds. The van der Waals surface area contributed by atoms with E-state index in [-0.39, 0.29) is 17.3 Å². The summed E-state index contributed by atoms with van der Waals surface area (Å²) in [5.74, 6) is 1.42. The Morgan fingerprint density at radius 2 is 2.33 bits per heavy atom. The zero-order valence-electron chi connectivity index (χ0n) is 5.89. The molecule has 0 unspecified atom stereocenters. The smallest absolute Gasteiger partial charge is 0.365 e. The van der Waals surface area contributed by atoms with Gasteiger partial charge in [0.05, 0.1) is 0 Å². The lowest BCUT2D eigenvalue weighted by atomic mass is 10.3. The van der Waals surface area contributed by atoms with Gasteiger partial charge in [-0.1, -0.05) is 0 Å². The van der Waals surface area contributed by atoms with Crippen LogP contribution >= 0.6 is 0 Å². The molecular formula is C7H4N2O3. The Kier molecular flexibility index (Phi) is 1.92. The summed E-state index contributed by atoms with van der Waals surface area (Å²) in [6, 6.07) is 2.22. The van der Waals surface area contributed by atoms with Crippen LogP contribution in [-0.2, 0) is 0 Å². The van der Waals surface area contributed by atoms with Gasteiger partial charge in [-0.15, -0.1) is 6.42 Å². The second kappa shape index (κ2) is 2.88. The van der Waals surface area contributed by atoms with E-state index in [9.17, 15) is 10.1 Å². The molecule has 0 saturated carbocycles. The van der Waals surface area contributed by atoms with Gasteiger partial charge in [0.1, 0.15) is 0 Å². The summed E-state index contributed by atoms with van der Waals surface area (Å²) < 4.78 is 0. The Hall–Kier alpha value is -2.09. The van der Waals surface area contributed by atoms with Crippen molar-refractivity contribution < 1.29 is 10.0 Å². The lowest BCUT2D eigenvalue weighted by molar-refractivity contribution is -0.389. The summed E-state index contributed by atoms with van der Waals surface area (Å²) >= 11 is 0. The van der Waals surface area contributed by atoms with Crippen LogP contribution in [0.1, 0.15) is 5.69 Å². The van der Waals surface area contributed by atoms with Crippen molar-refractivity contribution in [1.82, 2.24) is 4.98 Å². The Balaban J connectivity index is 3.25. The van der Waals surface area contributed by atoms with Crippen molar-refractivity contribution in [3.8, 4) is 18.1 Å². The molecule has 0 bridgehead atoms. The summed E-state index contributed by atoms with van der Waals surface area (Å²) in [5, 5.41) is 19.2. The van der Waals surface area contributed by atoms with Gasteiger partial charge in [0.2, 0.25) is 0 Å². The average Bonchev–Trinajstić information content (AvgIpc) is 2.05. The standard InChI is InChI=1S/C7H4N2O3/c1-2-5-6(10)3-4-7(8-5)9(11)12/h1,3-4,10H. The van der Waals surface area contributed by atoms with Crippen molar-refractivity contribution in [2.75, 3.05) is 0 Å². The van der Waals surface area contributed by atoms with Crippen LogP contribution < -0.4 is 0 Å².